The normalized spacial score (nSPS) is 16.6. The SMILES string of the molecule is CC(C)c1nc2c(c(-c3ccc(F)cc3)c1/C=C/[C@@H](O)C[C@@H](O)CC(=O)O)CN(C(=O)CO)CC2(C)C. The minimum absolute atomic E-state index is 0.0215. The van der Waals surface area contributed by atoms with E-state index in [4.69, 9.17) is 10.1 Å². The van der Waals surface area contributed by atoms with Gasteiger partial charge in [-0.15, -0.1) is 0 Å². The Morgan fingerprint density at radius 1 is 1.19 bits per heavy atom. The van der Waals surface area contributed by atoms with Crippen molar-refractivity contribution in [2.45, 2.75) is 70.6 Å². The van der Waals surface area contributed by atoms with Gasteiger partial charge in [0.15, 0.2) is 0 Å². The lowest BCUT2D eigenvalue weighted by Crippen LogP contribution is -2.47. The summed E-state index contributed by atoms with van der Waals surface area (Å²) in [5, 5.41) is 38.8. The molecular weight excluding hydrogens is 479 g/mol. The number of hydrogen-bond acceptors (Lipinski definition) is 6. The summed E-state index contributed by atoms with van der Waals surface area (Å²) in [4.78, 5) is 30.0. The summed E-state index contributed by atoms with van der Waals surface area (Å²) < 4.78 is 13.8. The second-order valence-electron chi connectivity index (χ2n) is 10.5. The molecular formula is C28H35FN2O6. The van der Waals surface area contributed by atoms with Crippen LogP contribution in [0.1, 0.15) is 69.0 Å². The molecule has 2 aromatic rings. The molecule has 2 atom stereocenters. The van der Waals surface area contributed by atoms with Gasteiger partial charge in [-0.2, -0.15) is 0 Å². The van der Waals surface area contributed by atoms with Gasteiger partial charge in [0, 0.05) is 36.1 Å². The van der Waals surface area contributed by atoms with Crippen molar-refractivity contribution in [1.82, 2.24) is 9.88 Å². The maximum atomic E-state index is 13.8. The van der Waals surface area contributed by atoms with Crippen molar-refractivity contribution in [2.75, 3.05) is 13.2 Å². The molecule has 2 heterocycles. The molecule has 8 nitrogen and oxygen atoms in total. The molecule has 37 heavy (non-hydrogen) atoms. The van der Waals surface area contributed by atoms with Gasteiger partial charge < -0.3 is 25.3 Å². The topological polar surface area (TPSA) is 131 Å². The number of fused-ring (bicyclic) bond motifs is 1. The first-order chi connectivity index (χ1) is 17.3. The number of amides is 1. The highest BCUT2D eigenvalue weighted by molar-refractivity contribution is 5.83. The van der Waals surface area contributed by atoms with Crippen LogP contribution in [0.5, 0.6) is 0 Å². The van der Waals surface area contributed by atoms with Crippen LogP contribution in [0, 0.1) is 5.82 Å². The third-order valence-corrected chi connectivity index (χ3v) is 6.52. The van der Waals surface area contributed by atoms with E-state index in [1.54, 1.807) is 23.1 Å². The van der Waals surface area contributed by atoms with Crippen LogP contribution in [0.4, 0.5) is 4.39 Å². The number of nitrogens with zero attached hydrogens (tertiary/aromatic N) is 2. The van der Waals surface area contributed by atoms with Crippen molar-refractivity contribution in [1.29, 1.82) is 0 Å². The number of aromatic nitrogens is 1. The number of rotatable bonds is 9. The Balaban J connectivity index is 2.23. The molecule has 0 saturated carbocycles. The predicted octanol–water partition coefficient (Wildman–Crippen LogP) is 3.22. The molecule has 1 aromatic carbocycles. The van der Waals surface area contributed by atoms with Crippen LogP contribution in [0.2, 0.25) is 0 Å². The molecule has 1 aromatic heterocycles. The number of benzene rings is 1. The van der Waals surface area contributed by atoms with Crippen LogP contribution in [0.15, 0.2) is 30.3 Å². The summed E-state index contributed by atoms with van der Waals surface area (Å²) in [5.74, 6) is -1.98. The Morgan fingerprint density at radius 3 is 2.41 bits per heavy atom. The summed E-state index contributed by atoms with van der Waals surface area (Å²) in [5.41, 5.74) is 3.94. The number of halogens is 1. The zero-order valence-electron chi connectivity index (χ0n) is 21.6. The lowest BCUT2D eigenvalue weighted by atomic mass is 9.77. The van der Waals surface area contributed by atoms with Gasteiger partial charge in [-0.1, -0.05) is 52.0 Å². The van der Waals surface area contributed by atoms with Gasteiger partial charge in [0.2, 0.25) is 5.91 Å². The fraction of sp³-hybridized carbons (Fsp3) is 0.464. The predicted molar refractivity (Wildman–Crippen MR) is 137 cm³/mol. The average Bonchev–Trinajstić information content (AvgIpc) is 2.80. The highest BCUT2D eigenvalue weighted by Crippen LogP contribution is 2.42. The van der Waals surface area contributed by atoms with E-state index in [0.29, 0.717) is 17.7 Å². The maximum Gasteiger partial charge on any atom is 0.305 e. The number of pyridine rings is 1. The summed E-state index contributed by atoms with van der Waals surface area (Å²) in [6, 6.07) is 6.01. The van der Waals surface area contributed by atoms with Crippen LogP contribution >= 0.6 is 0 Å². The van der Waals surface area contributed by atoms with E-state index >= 15 is 0 Å². The molecule has 0 saturated heterocycles. The van der Waals surface area contributed by atoms with Crippen LogP contribution in [-0.2, 0) is 21.5 Å². The van der Waals surface area contributed by atoms with Crippen molar-refractivity contribution >= 4 is 18.0 Å². The van der Waals surface area contributed by atoms with Gasteiger partial charge in [0.25, 0.3) is 0 Å². The molecule has 9 heteroatoms. The van der Waals surface area contributed by atoms with Gasteiger partial charge >= 0.3 is 5.97 Å². The largest absolute Gasteiger partial charge is 0.481 e. The smallest absolute Gasteiger partial charge is 0.305 e. The summed E-state index contributed by atoms with van der Waals surface area (Å²) in [7, 11) is 0. The monoisotopic (exact) mass is 514 g/mol. The molecule has 0 aliphatic carbocycles. The first-order valence-electron chi connectivity index (χ1n) is 12.3. The van der Waals surface area contributed by atoms with Crippen LogP contribution < -0.4 is 0 Å². The molecule has 4 N–H and O–H groups in total. The zero-order chi connectivity index (χ0) is 27.5. The lowest BCUT2D eigenvalue weighted by Gasteiger charge is -2.41. The molecule has 0 unspecified atom stereocenters. The number of hydrogen-bond donors (Lipinski definition) is 4. The van der Waals surface area contributed by atoms with E-state index in [1.807, 2.05) is 27.7 Å². The lowest BCUT2D eigenvalue weighted by molar-refractivity contribution is -0.139. The van der Waals surface area contributed by atoms with E-state index in [2.05, 4.69) is 0 Å². The fourth-order valence-corrected chi connectivity index (χ4v) is 4.85. The number of aliphatic carboxylic acids is 1. The van der Waals surface area contributed by atoms with Crippen molar-refractivity contribution in [2.24, 2.45) is 0 Å². The van der Waals surface area contributed by atoms with E-state index in [9.17, 15) is 29.3 Å². The first kappa shape index (κ1) is 28.4. The third-order valence-electron chi connectivity index (χ3n) is 6.52. The Morgan fingerprint density at radius 2 is 1.84 bits per heavy atom. The van der Waals surface area contributed by atoms with Crippen molar-refractivity contribution < 1.29 is 34.4 Å². The Bertz CT molecular complexity index is 1180. The maximum absolute atomic E-state index is 13.8. The van der Waals surface area contributed by atoms with Gasteiger partial charge in [0.1, 0.15) is 12.4 Å². The third kappa shape index (κ3) is 6.60. The molecule has 0 bridgehead atoms. The van der Waals surface area contributed by atoms with E-state index in [1.165, 1.54) is 18.2 Å². The molecule has 1 amide bonds. The summed E-state index contributed by atoms with van der Waals surface area (Å²) in [6.07, 6.45) is 0.217. The van der Waals surface area contributed by atoms with Crippen molar-refractivity contribution in [3.8, 4) is 11.1 Å². The fourth-order valence-electron chi connectivity index (χ4n) is 4.85. The summed E-state index contributed by atoms with van der Waals surface area (Å²) in [6.45, 7) is 7.91. The molecule has 1 aliphatic heterocycles. The molecule has 3 rings (SSSR count). The van der Waals surface area contributed by atoms with Crippen LogP contribution in [-0.4, -0.2) is 67.5 Å². The number of aliphatic hydroxyl groups is 3. The quantitative estimate of drug-likeness (QED) is 0.404. The van der Waals surface area contributed by atoms with Crippen LogP contribution in [0.25, 0.3) is 17.2 Å². The molecule has 0 spiro atoms. The highest BCUT2D eigenvalue weighted by Gasteiger charge is 2.38. The minimum atomic E-state index is -1.21. The molecule has 1 aliphatic rings. The second-order valence-corrected chi connectivity index (χ2v) is 10.5. The summed E-state index contributed by atoms with van der Waals surface area (Å²) >= 11 is 0. The second kappa shape index (κ2) is 11.5. The van der Waals surface area contributed by atoms with E-state index < -0.39 is 48.3 Å². The van der Waals surface area contributed by atoms with E-state index in [-0.39, 0.29) is 18.9 Å². The average molecular weight is 515 g/mol. The van der Waals surface area contributed by atoms with E-state index in [0.717, 1.165) is 22.5 Å². The number of carboxylic acid groups (broad SMARTS) is 1. The molecule has 0 radical (unpaired) electrons. The number of carbonyl (C=O) groups is 2. The Hall–Kier alpha value is -3.14. The van der Waals surface area contributed by atoms with Crippen molar-refractivity contribution in [3.63, 3.8) is 0 Å². The van der Waals surface area contributed by atoms with Gasteiger partial charge in [-0.3, -0.25) is 14.6 Å². The highest BCUT2D eigenvalue weighted by atomic mass is 19.1. The van der Waals surface area contributed by atoms with Gasteiger partial charge in [-0.05, 0) is 29.2 Å². The zero-order valence-corrected chi connectivity index (χ0v) is 21.6. The van der Waals surface area contributed by atoms with Crippen LogP contribution in [0.3, 0.4) is 0 Å². The van der Waals surface area contributed by atoms with Gasteiger partial charge in [-0.25, -0.2) is 4.39 Å². The minimum Gasteiger partial charge on any atom is -0.481 e. The number of carboxylic acids is 1. The van der Waals surface area contributed by atoms with Crippen molar-refractivity contribution in [3.05, 3.63) is 58.7 Å². The first-order valence-corrected chi connectivity index (χ1v) is 12.3. The number of carbonyl (C=O) groups excluding carboxylic acids is 1. The Labute approximate surface area is 216 Å². The Kier molecular flexibility index (Phi) is 8.84. The van der Waals surface area contributed by atoms with Gasteiger partial charge in [0.05, 0.1) is 30.0 Å². The standard InChI is InChI=1S/C28H35FN2O6/c1-16(2)26-21(10-9-19(33)11-20(34)12-24(36)37)25(17-5-7-18(29)8-6-17)22-13-31(23(35)14-32)15-28(3,4)27(22)30-26/h5-10,16,19-20,32-34H,11-15H2,1-4H3,(H,36,37)/b10-9+/t19-,20-/m1/s1. The molecule has 0 fully saturated rings. The molecule has 200 valence electrons. The number of aliphatic hydroxyl groups excluding tert-OH is 3.